The van der Waals surface area contributed by atoms with Crippen molar-refractivity contribution in [2.24, 2.45) is 0 Å². The fraction of sp³-hybridized carbons (Fsp3) is 0.500. The Morgan fingerprint density at radius 1 is 1.19 bits per heavy atom. The van der Waals surface area contributed by atoms with Crippen molar-refractivity contribution in [1.82, 2.24) is 0 Å². The van der Waals surface area contributed by atoms with Crippen LogP contribution in [0.25, 0.3) is 0 Å². The third kappa shape index (κ3) is 7.19. The SMILES string of the molecule is O=C([O-])CC(O)(CC(=O)OO)C(=O)[O-].[Al+3].[Na+]. The van der Waals surface area contributed by atoms with Crippen LogP contribution in [0.2, 0.25) is 0 Å². The van der Waals surface area contributed by atoms with Gasteiger partial charge >= 0.3 is 52.9 Å². The molecule has 0 rings (SSSR count). The topological polar surface area (TPSA) is 147 Å². The number of aliphatic hydroxyl groups is 1. The van der Waals surface area contributed by atoms with Crippen LogP contribution in [0.15, 0.2) is 0 Å². The van der Waals surface area contributed by atoms with Crippen LogP contribution >= 0.6 is 0 Å². The zero-order valence-corrected chi connectivity index (χ0v) is 11.5. The number of aliphatic carboxylic acids is 2. The summed E-state index contributed by atoms with van der Waals surface area (Å²) in [5.41, 5.74) is -2.95. The van der Waals surface area contributed by atoms with Crippen molar-refractivity contribution < 1.29 is 69.4 Å². The number of carboxylic acids is 2. The number of carbonyl (C=O) groups is 3. The van der Waals surface area contributed by atoms with Gasteiger partial charge in [0.2, 0.25) is 0 Å². The van der Waals surface area contributed by atoms with Gasteiger partial charge in [0.15, 0.2) is 0 Å². The maximum Gasteiger partial charge on any atom is 3.00 e. The van der Waals surface area contributed by atoms with E-state index in [-0.39, 0.29) is 46.9 Å². The molecule has 0 aromatic carbocycles. The van der Waals surface area contributed by atoms with Gasteiger partial charge in [-0.05, 0) is 0 Å². The van der Waals surface area contributed by atoms with Crippen LogP contribution in [-0.4, -0.2) is 51.2 Å². The summed E-state index contributed by atoms with van der Waals surface area (Å²) in [6.45, 7) is 0. The zero-order chi connectivity index (χ0) is 11.4. The summed E-state index contributed by atoms with van der Waals surface area (Å²) in [6.07, 6.45) is -2.59. The fourth-order valence-corrected chi connectivity index (χ4v) is 0.717. The minimum Gasteiger partial charge on any atom is -0.550 e. The molecule has 0 aliphatic rings. The third-order valence-electron chi connectivity index (χ3n) is 1.36. The van der Waals surface area contributed by atoms with Gasteiger partial charge in [-0.25, -0.2) is 4.79 Å². The molecule has 0 amide bonds. The molecule has 16 heavy (non-hydrogen) atoms. The van der Waals surface area contributed by atoms with E-state index in [4.69, 9.17) is 10.4 Å². The molecule has 0 aromatic heterocycles. The van der Waals surface area contributed by atoms with Gasteiger partial charge in [-0.3, -0.25) is 0 Å². The molecule has 8 nitrogen and oxygen atoms in total. The molecule has 0 aromatic rings. The number of carboxylic acid groups (broad SMARTS) is 2. The largest absolute Gasteiger partial charge is 3.00 e. The maximum atomic E-state index is 10.4. The van der Waals surface area contributed by atoms with E-state index in [0.29, 0.717) is 0 Å². The van der Waals surface area contributed by atoms with Gasteiger partial charge < -0.3 is 29.8 Å². The first-order valence-corrected chi connectivity index (χ1v) is 3.30. The summed E-state index contributed by atoms with van der Waals surface area (Å²) < 4.78 is 0. The van der Waals surface area contributed by atoms with Crippen molar-refractivity contribution in [3.05, 3.63) is 0 Å². The van der Waals surface area contributed by atoms with Crippen LogP contribution < -0.4 is 39.8 Å². The molecule has 80 valence electrons. The van der Waals surface area contributed by atoms with Crippen LogP contribution in [0.4, 0.5) is 0 Å². The molecule has 0 aliphatic heterocycles. The molecule has 1 atom stereocenters. The van der Waals surface area contributed by atoms with Crippen molar-refractivity contribution in [3.8, 4) is 0 Å². The van der Waals surface area contributed by atoms with Gasteiger partial charge in [0.05, 0.1) is 12.4 Å². The average Bonchev–Trinajstić information content (AvgIpc) is 2.02. The predicted octanol–water partition coefficient (Wildman–Crippen LogP) is -7.36. The second kappa shape index (κ2) is 8.95. The molecule has 2 N–H and O–H groups in total. The molecule has 0 heterocycles. The predicted molar refractivity (Wildman–Crippen MR) is 38.7 cm³/mol. The van der Waals surface area contributed by atoms with Crippen molar-refractivity contribution in [2.75, 3.05) is 0 Å². The quantitative estimate of drug-likeness (QED) is 0.280. The van der Waals surface area contributed by atoms with Gasteiger partial charge in [-0.15, -0.1) is 0 Å². The number of carbonyl (C=O) groups excluding carboxylic acids is 3. The van der Waals surface area contributed by atoms with E-state index in [1.807, 2.05) is 0 Å². The molecule has 0 fully saturated rings. The Bertz CT molecular complexity index is 269. The molecule has 0 spiro atoms. The molecule has 0 aliphatic carbocycles. The van der Waals surface area contributed by atoms with Crippen LogP contribution in [0, 0.1) is 0 Å². The van der Waals surface area contributed by atoms with Gasteiger partial charge in [-0.2, -0.15) is 5.26 Å². The number of hydrogen-bond donors (Lipinski definition) is 2. The van der Waals surface area contributed by atoms with Gasteiger partial charge in [0, 0.05) is 12.4 Å². The van der Waals surface area contributed by atoms with Gasteiger partial charge in [0.25, 0.3) is 0 Å². The smallest absolute Gasteiger partial charge is 0.550 e. The fourth-order valence-electron chi connectivity index (χ4n) is 0.717. The standard InChI is InChI=1S/C6H8O8.Al.Na/c7-3(8)1-6(12,5(10)11)2-4(9)14-13;;/h12-13H,1-2H2,(H,7,8)(H,10,11);;/q;+3;+1/p-2. The summed E-state index contributed by atoms with van der Waals surface area (Å²) >= 11 is 0. The minimum atomic E-state index is -2.95. The molecular weight excluding hydrogens is 250 g/mol. The van der Waals surface area contributed by atoms with E-state index in [1.54, 1.807) is 0 Å². The van der Waals surface area contributed by atoms with Crippen LogP contribution in [-0.2, 0) is 19.3 Å². The van der Waals surface area contributed by atoms with Crippen LogP contribution in [0.1, 0.15) is 12.8 Å². The first-order chi connectivity index (χ1) is 6.31. The van der Waals surface area contributed by atoms with Crippen molar-refractivity contribution in [3.63, 3.8) is 0 Å². The molecular formula is C6H6AlNaO8+2. The van der Waals surface area contributed by atoms with Crippen molar-refractivity contribution in [2.45, 2.75) is 18.4 Å². The first-order valence-electron chi connectivity index (χ1n) is 3.30. The Labute approximate surface area is 123 Å². The van der Waals surface area contributed by atoms with E-state index in [0.717, 1.165) is 0 Å². The molecule has 0 radical (unpaired) electrons. The summed E-state index contributed by atoms with van der Waals surface area (Å²) in [6, 6.07) is 0. The molecule has 0 bridgehead atoms. The Balaban J connectivity index is -0.000000845. The second-order valence-electron chi connectivity index (χ2n) is 2.51. The minimum absolute atomic E-state index is 0. The summed E-state index contributed by atoms with van der Waals surface area (Å²) in [4.78, 5) is 33.7. The summed E-state index contributed by atoms with van der Waals surface area (Å²) in [5.74, 6) is -5.56. The van der Waals surface area contributed by atoms with E-state index < -0.39 is 36.4 Å². The number of hydrogen-bond acceptors (Lipinski definition) is 8. The molecule has 0 saturated carbocycles. The Morgan fingerprint density at radius 2 is 1.62 bits per heavy atom. The van der Waals surface area contributed by atoms with Crippen molar-refractivity contribution >= 4 is 35.3 Å². The first kappa shape index (κ1) is 21.2. The van der Waals surface area contributed by atoms with Gasteiger partial charge in [-0.1, -0.05) is 0 Å². The van der Waals surface area contributed by atoms with E-state index in [1.165, 1.54) is 0 Å². The normalized spacial score (nSPS) is 12.4. The number of rotatable bonds is 5. The van der Waals surface area contributed by atoms with Crippen LogP contribution in [0.5, 0.6) is 0 Å². The Kier molecular flexibility index (Phi) is 11.8. The summed E-state index contributed by atoms with van der Waals surface area (Å²) in [5, 5.41) is 37.1. The van der Waals surface area contributed by atoms with Gasteiger partial charge in [0.1, 0.15) is 5.60 Å². The van der Waals surface area contributed by atoms with Crippen molar-refractivity contribution in [1.29, 1.82) is 0 Å². The van der Waals surface area contributed by atoms with E-state index in [2.05, 4.69) is 4.89 Å². The third-order valence-corrected chi connectivity index (χ3v) is 1.36. The Morgan fingerprint density at radius 3 is 1.88 bits per heavy atom. The van der Waals surface area contributed by atoms with E-state index >= 15 is 0 Å². The molecule has 1 unspecified atom stereocenters. The average molecular weight is 256 g/mol. The maximum absolute atomic E-state index is 10.4. The zero-order valence-electron chi connectivity index (χ0n) is 8.34. The molecule has 10 heteroatoms. The Hall–Kier alpha value is -0.138. The molecule has 0 saturated heterocycles. The van der Waals surface area contributed by atoms with E-state index in [9.17, 15) is 24.6 Å². The van der Waals surface area contributed by atoms with Crippen LogP contribution in [0.3, 0.4) is 0 Å². The monoisotopic (exact) mass is 256 g/mol. The summed E-state index contributed by atoms with van der Waals surface area (Å²) in [7, 11) is 0. The second-order valence-corrected chi connectivity index (χ2v) is 2.51.